The molecule has 1 aromatic carbocycles. The van der Waals surface area contributed by atoms with Gasteiger partial charge in [-0.05, 0) is 24.6 Å². The minimum atomic E-state index is -0.508. The summed E-state index contributed by atoms with van der Waals surface area (Å²) in [6.07, 6.45) is 1.28. The lowest BCUT2D eigenvalue weighted by atomic mass is 10.2. The normalized spacial score (nSPS) is 10.3. The fourth-order valence-corrected chi connectivity index (χ4v) is 2.29. The van der Waals surface area contributed by atoms with Crippen LogP contribution in [-0.2, 0) is 6.54 Å². The lowest BCUT2D eigenvalue weighted by Crippen LogP contribution is -2.08. The molecule has 25 heavy (non-hydrogen) atoms. The maximum atomic E-state index is 11.5. The van der Waals surface area contributed by atoms with Gasteiger partial charge in [-0.1, -0.05) is 36.4 Å². The Morgan fingerprint density at radius 3 is 2.52 bits per heavy atom. The van der Waals surface area contributed by atoms with Gasteiger partial charge in [0.1, 0.15) is 12.1 Å². The van der Waals surface area contributed by atoms with Crippen LogP contribution in [0.25, 0.3) is 0 Å². The molecular formula is C17H16N6O2. The second-order valence-electron chi connectivity index (χ2n) is 5.30. The number of anilines is 3. The molecule has 8 heteroatoms. The van der Waals surface area contributed by atoms with E-state index in [9.17, 15) is 10.1 Å². The van der Waals surface area contributed by atoms with Crippen molar-refractivity contribution < 1.29 is 4.92 Å². The van der Waals surface area contributed by atoms with Crippen molar-refractivity contribution in [2.45, 2.75) is 13.5 Å². The van der Waals surface area contributed by atoms with Crippen LogP contribution in [0.2, 0.25) is 0 Å². The molecule has 0 saturated heterocycles. The second-order valence-corrected chi connectivity index (χ2v) is 5.30. The van der Waals surface area contributed by atoms with Crippen LogP contribution in [0.15, 0.2) is 54.9 Å². The largest absolute Gasteiger partial charge is 0.360 e. The van der Waals surface area contributed by atoms with Gasteiger partial charge in [-0.2, -0.15) is 0 Å². The first-order valence-electron chi connectivity index (χ1n) is 7.61. The van der Waals surface area contributed by atoms with E-state index in [4.69, 9.17) is 0 Å². The number of nitrogens with zero attached hydrogens (tertiary/aromatic N) is 4. The van der Waals surface area contributed by atoms with Gasteiger partial charge in [0.05, 0.1) is 4.92 Å². The van der Waals surface area contributed by atoms with E-state index in [2.05, 4.69) is 25.6 Å². The number of aromatic nitrogens is 3. The van der Waals surface area contributed by atoms with Gasteiger partial charge in [0, 0.05) is 12.2 Å². The van der Waals surface area contributed by atoms with E-state index in [1.807, 2.05) is 49.4 Å². The number of pyridine rings is 1. The van der Waals surface area contributed by atoms with Gasteiger partial charge >= 0.3 is 5.69 Å². The standard InChI is InChI=1S/C17H16N6O2/c1-12-6-5-9-14(21-12)22-17-15(23(24)25)16(19-11-20-17)18-10-13-7-3-2-4-8-13/h2-9,11H,10H2,1H3,(H2,18,19,20,21,22). The highest BCUT2D eigenvalue weighted by atomic mass is 16.6. The van der Waals surface area contributed by atoms with Crippen molar-refractivity contribution in [3.63, 3.8) is 0 Å². The summed E-state index contributed by atoms with van der Waals surface area (Å²) in [5, 5.41) is 17.4. The maximum Gasteiger partial charge on any atom is 0.353 e. The molecule has 0 aliphatic heterocycles. The smallest absolute Gasteiger partial charge is 0.353 e. The zero-order chi connectivity index (χ0) is 17.6. The molecule has 0 aliphatic carbocycles. The molecular weight excluding hydrogens is 320 g/mol. The minimum Gasteiger partial charge on any atom is -0.360 e. The second kappa shape index (κ2) is 7.35. The summed E-state index contributed by atoms with van der Waals surface area (Å²) < 4.78 is 0. The van der Waals surface area contributed by atoms with E-state index in [-0.39, 0.29) is 17.3 Å². The van der Waals surface area contributed by atoms with E-state index in [1.165, 1.54) is 6.33 Å². The van der Waals surface area contributed by atoms with Crippen LogP contribution in [0.3, 0.4) is 0 Å². The van der Waals surface area contributed by atoms with Gasteiger partial charge in [-0.3, -0.25) is 10.1 Å². The molecule has 2 aromatic heterocycles. The number of nitro groups is 1. The molecule has 2 N–H and O–H groups in total. The lowest BCUT2D eigenvalue weighted by Gasteiger charge is -2.10. The van der Waals surface area contributed by atoms with Gasteiger partial charge < -0.3 is 10.6 Å². The number of benzene rings is 1. The summed E-state index contributed by atoms with van der Waals surface area (Å²) >= 11 is 0. The average Bonchev–Trinajstić information content (AvgIpc) is 2.61. The number of aryl methyl sites for hydroxylation is 1. The molecule has 8 nitrogen and oxygen atoms in total. The van der Waals surface area contributed by atoms with Crippen LogP contribution in [-0.4, -0.2) is 19.9 Å². The first kappa shape index (κ1) is 16.3. The third-order valence-corrected chi connectivity index (χ3v) is 3.44. The summed E-state index contributed by atoms with van der Waals surface area (Å²) in [4.78, 5) is 23.3. The quantitative estimate of drug-likeness (QED) is 0.524. The molecule has 0 amide bonds. The molecule has 0 spiro atoms. The summed E-state index contributed by atoms with van der Waals surface area (Å²) in [6, 6.07) is 14.9. The number of hydrogen-bond donors (Lipinski definition) is 2. The highest BCUT2D eigenvalue weighted by Crippen LogP contribution is 2.30. The third-order valence-electron chi connectivity index (χ3n) is 3.44. The van der Waals surface area contributed by atoms with Crippen LogP contribution in [0.4, 0.5) is 23.1 Å². The molecule has 2 heterocycles. The van der Waals surface area contributed by atoms with Crippen molar-refractivity contribution in [3.8, 4) is 0 Å². The summed E-state index contributed by atoms with van der Waals surface area (Å²) in [5.74, 6) is 0.725. The van der Waals surface area contributed by atoms with E-state index in [0.717, 1.165) is 11.3 Å². The van der Waals surface area contributed by atoms with E-state index >= 15 is 0 Å². The van der Waals surface area contributed by atoms with Gasteiger partial charge in [-0.25, -0.2) is 15.0 Å². The highest BCUT2D eigenvalue weighted by Gasteiger charge is 2.23. The fraction of sp³-hybridized carbons (Fsp3) is 0.118. The molecule has 3 aromatic rings. The Morgan fingerprint density at radius 1 is 1.04 bits per heavy atom. The van der Waals surface area contributed by atoms with Gasteiger partial charge in [0.25, 0.3) is 0 Å². The summed E-state index contributed by atoms with van der Waals surface area (Å²) in [7, 11) is 0. The molecule has 126 valence electrons. The van der Waals surface area contributed by atoms with Crippen LogP contribution in [0, 0.1) is 17.0 Å². The van der Waals surface area contributed by atoms with E-state index < -0.39 is 4.92 Å². The van der Waals surface area contributed by atoms with Crippen molar-refractivity contribution in [1.29, 1.82) is 0 Å². The third kappa shape index (κ3) is 4.05. The van der Waals surface area contributed by atoms with Gasteiger partial charge in [0.15, 0.2) is 0 Å². The topological polar surface area (TPSA) is 106 Å². The van der Waals surface area contributed by atoms with Crippen LogP contribution in [0.1, 0.15) is 11.3 Å². The van der Waals surface area contributed by atoms with Gasteiger partial charge in [0.2, 0.25) is 11.6 Å². The zero-order valence-corrected chi connectivity index (χ0v) is 13.5. The number of hydrogen-bond acceptors (Lipinski definition) is 7. The summed E-state index contributed by atoms with van der Waals surface area (Å²) in [6.45, 7) is 2.26. The maximum absolute atomic E-state index is 11.5. The lowest BCUT2D eigenvalue weighted by molar-refractivity contribution is -0.383. The Balaban J connectivity index is 1.87. The Hall–Kier alpha value is -3.55. The molecule has 0 unspecified atom stereocenters. The molecule has 0 radical (unpaired) electrons. The van der Waals surface area contributed by atoms with Crippen molar-refractivity contribution in [3.05, 3.63) is 76.2 Å². The zero-order valence-electron chi connectivity index (χ0n) is 13.5. The minimum absolute atomic E-state index is 0.0914. The molecule has 0 atom stereocenters. The van der Waals surface area contributed by atoms with Crippen molar-refractivity contribution in [2.24, 2.45) is 0 Å². The van der Waals surface area contributed by atoms with Crippen LogP contribution < -0.4 is 10.6 Å². The Labute approximate surface area is 144 Å². The SMILES string of the molecule is Cc1cccc(Nc2ncnc(NCc3ccccc3)c2[N+](=O)[O-])n1. The highest BCUT2D eigenvalue weighted by molar-refractivity contribution is 5.72. The van der Waals surface area contributed by atoms with E-state index in [1.54, 1.807) is 6.07 Å². The first-order valence-corrected chi connectivity index (χ1v) is 7.61. The van der Waals surface area contributed by atoms with Crippen molar-refractivity contribution in [2.75, 3.05) is 10.6 Å². The predicted molar refractivity (Wildman–Crippen MR) is 94.7 cm³/mol. The predicted octanol–water partition coefficient (Wildman–Crippen LogP) is 3.44. The molecule has 0 bridgehead atoms. The average molecular weight is 336 g/mol. The molecule has 0 fully saturated rings. The molecule has 3 rings (SSSR count). The fourth-order valence-electron chi connectivity index (χ4n) is 2.29. The van der Waals surface area contributed by atoms with E-state index in [0.29, 0.717) is 12.4 Å². The number of nitrogens with one attached hydrogen (secondary N) is 2. The van der Waals surface area contributed by atoms with Crippen molar-refractivity contribution >= 4 is 23.1 Å². The Kier molecular flexibility index (Phi) is 4.79. The number of rotatable bonds is 6. The Bertz CT molecular complexity index is 885. The summed E-state index contributed by atoms with van der Waals surface area (Å²) in [5.41, 5.74) is 1.57. The van der Waals surface area contributed by atoms with Gasteiger partial charge in [-0.15, -0.1) is 0 Å². The first-order chi connectivity index (χ1) is 12.1. The van der Waals surface area contributed by atoms with Crippen molar-refractivity contribution in [1.82, 2.24) is 15.0 Å². The molecule has 0 aliphatic rings. The monoisotopic (exact) mass is 336 g/mol. The van der Waals surface area contributed by atoms with Crippen LogP contribution >= 0.6 is 0 Å². The van der Waals surface area contributed by atoms with Crippen LogP contribution in [0.5, 0.6) is 0 Å². The molecule has 0 saturated carbocycles. The Morgan fingerprint density at radius 2 is 1.80 bits per heavy atom.